The number of nitrogens with one attached hydrogen (secondary N) is 2. The van der Waals surface area contributed by atoms with Crippen molar-refractivity contribution < 1.29 is 8.81 Å². The van der Waals surface area contributed by atoms with Gasteiger partial charge in [-0.3, -0.25) is 0 Å². The highest BCUT2D eigenvalue weighted by Crippen LogP contribution is 2.23. The van der Waals surface area contributed by atoms with Crippen molar-refractivity contribution in [3.8, 4) is 10.8 Å². The predicted molar refractivity (Wildman–Crippen MR) is 115 cm³/mol. The van der Waals surface area contributed by atoms with E-state index in [1.165, 1.54) is 6.07 Å². The summed E-state index contributed by atoms with van der Waals surface area (Å²) in [7, 11) is 0. The molecule has 0 fully saturated rings. The van der Waals surface area contributed by atoms with E-state index in [1.54, 1.807) is 41.5 Å². The van der Waals surface area contributed by atoms with Crippen LogP contribution in [-0.2, 0) is 18.8 Å². The van der Waals surface area contributed by atoms with Crippen LogP contribution in [0.2, 0.25) is 0 Å². The van der Waals surface area contributed by atoms with Crippen LogP contribution in [0.4, 0.5) is 4.39 Å². The fourth-order valence-corrected chi connectivity index (χ4v) is 3.86. The normalized spacial score (nSPS) is 11.6. The molecule has 0 atom stereocenters. The van der Waals surface area contributed by atoms with E-state index in [2.05, 4.69) is 20.6 Å². The second-order valence-electron chi connectivity index (χ2n) is 6.02. The number of hydrogen-bond acceptors (Lipinski definition) is 5. The van der Waals surface area contributed by atoms with E-state index in [0.29, 0.717) is 24.9 Å². The van der Waals surface area contributed by atoms with Gasteiger partial charge in [0.15, 0.2) is 5.96 Å². The Bertz CT molecular complexity index is 909. The molecule has 0 unspecified atom stereocenters. The SMILES string of the molecule is CCNC(=NCc1ccc(F)cc1CSC)NCc1coc(-c2cccs2)n1. The third-order valence-electron chi connectivity index (χ3n) is 3.94. The van der Waals surface area contributed by atoms with E-state index in [9.17, 15) is 4.39 Å². The van der Waals surface area contributed by atoms with Gasteiger partial charge in [-0.15, -0.1) is 11.3 Å². The number of nitrogens with zero attached hydrogens (tertiary/aromatic N) is 2. The van der Waals surface area contributed by atoms with Crippen molar-refractivity contribution in [2.45, 2.75) is 25.8 Å². The molecule has 28 heavy (non-hydrogen) atoms. The molecule has 0 saturated carbocycles. The summed E-state index contributed by atoms with van der Waals surface area (Å²) in [4.78, 5) is 10.1. The quantitative estimate of drug-likeness (QED) is 0.411. The minimum Gasteiger partial charge on any atom is -0.443 e. The Morgan fingerprint density at radius 3 is 2.93 bits per heavy atom. The van der Waals surface area contributed by atoms with Crippen molar-refractivity contribution in [3.63, 3.8) is 0 Å². The summed E-state index contributed by atoms with van der Waals surface area (Å²) in [6, 6.07) is 8.82. The monoisotopic (exact) mass is 418 g/mol. The maximum atomic E-state index is 13.5. The van der Waals surface area contributed by atoms with Gasteiger partial charge in [0, 0.05) is 12.3 Å². The molecule has 0 amide bonds. The molecule has 2 heterocycles. The first-order chi connectivity index (χ1) is 13.7. The first-order valence-electron chi connectivity index (χ1n) is 8.96. The van der Waals surface area contributed by atoms with Gasteiger partial charge in [-0.25, -0.2) is 14.4 Å². The van der Waals surface area contributed by atoms with Gasteiger partial charge in [-0.1, -0.05) is 12.1 Å². The van der Waals surface area contributed by atoms with E-state index in [-0.39, 0.29) is 5.82 Å². The lowest BCUT2D eigenvalue weighted by molar-refractivity contribution is 0.573. The lowest BCUT2D eigenvalue weighted by Gasteiger charge is -2.11. The number of benzene rings is 1. The van der Waals surface area contributed by atoms with Gasteiger partial charge in [0.25, 0.3) is 0 Å². The van der Waals surface area contributed by atoms with Crippen LogP contribution in [0.3, 0.4) is 0 Å². The average molecular weight is 419 g/mol. The van der Waals surface area contributed by atoms with Crippen LogP contribution < -0.4 is 10.6 Å². The fraction of sp³-hybridized carbons (Fsp3) is 0.300. The van der Waals surface area contributed by atoms with Crippen molar-refractivity contribution >= 4 is 29.1 Å². The van der Waals surface area contributed by atoms with Crippen LogP contribution >= 0.6 is 23.1 Å². The van der Waals surface area contributed by atoms with Gasteiger partial charge in [0.05, 0.1) is 23.7 Å². The molecule has 2 aromatic heterocycles. The zero-order valence-electron chi connectivity index (χ0n) is 15.9. The molecule has 5 nitrogen and oxygen atoms in total. The third kappa shape index (κ3) is 5.59. The molecule has 0 spiro atoms. The van der Waals surface area contributed by atoms with Crippen LogP contribution in [0.25, 0.3) is 10.8 Å². The molecule has 0 aliphatic carbocycles. The number of halogens is 1. The second kappa shape index (κ2) is 10.3. The molecule has 0 bridgehead atoms. The number of hydrogen-bond donors (Lipinski definition) is 2. The van der Waals surface area contributed by atoms with Crippen LogP contribution in [0.1, 0.15) is 23.7 Å². The van der Waals surface area contributed by atoms with Crippen molar-refractivity contribution in [2.24, 2.45) is 4.99 Å². The molecule has 148 valence electrons. The number of aliphatic imine (C=N–C) groups is 1. The van der Waals surface area contributed by atoms with Crippen molar-refractivity contribution in [2.75, 3.05) is 12.8 Å². The number of thioether (sulfide) groups is 1. The second-order valence-corrected chi connectivity index (χ2v) is 7.83. The smallest absolute Gasteiger partial charge is 0.236 e. The van der Waals surface area contributed by atoms with E-state index >= 15 is 0 Å². The molecule has 0 aliphatic rings. The Hall–Kier alpha value is -2.32. The largest absolute Gasteiger partial charge is 0.443 e. The minimum absolute atomic E-state index is 0.214. The van der Waals surface area contributed by atoms with Crippen LogP contribution in [-0.4, -0.2) is 23.7 Å². The van der Waals surface area contributed by atoms with Gasteiger partial charge < -0.3 is 15.1 Å². The molecule has 0 radical (unpaired) electrons. The third-order valence-corrected chi connectivity index (χ3v) is 5.40. The minimum atomic E-state index is -0.214. The summed E-state index contributed by atoms with van der Waals surface area (Å²) >= 11 is 3.26. The van der Waals surface area contributed by atoms with Crippen molar-refractivity contribution in [1.29, 1.82) is 0 Å². The average Bonchev–Trinajstić information content (AvgIpc) is 3.37. The predicted octanol–water partition coefficient (Wildman–Crippen LogP) is 4.66. The summed E-state index contributed by atoms with van der Waals surface area (Å²) in [5.41, 5.74) is 2.80. The van der Waals surface area contributed by atoms with Gasteiger partial charge in [0.1, 0.15) is 12.1 Å². The topological polar surface area (TPSA) is 62.5 Å². The van der Waals surface area contributed by atoms with Gasteiger partial charge in [0.2, 0.25) is 5.89 Å². The van der Waals surface area contributed by atoms with Crippen molar-refractivity contribution in [3.05, 3.63) is 64.6 Å². The Kier molecular flexibility index (Phi) is 7.50. The van der Waals surface area contributed by atoms with Crippen LogP contribution in [0.15, 0.2) is 51.4 Å². The first kappa shape index (κ1) is 20.4. The van der Waals surface area contributed by atoms with Crippen LogP contribution in [0, 0.1) is 5.82 Å². The summed E-state index contributed by atoms with van der Waals surface area (Å²) < 4.78 is 19.1. The number of thiophene rings is 1. The summed E-state index contributed by atoms with van der Waals surface area (Å²) in [5, 5.41) is 8.49. The molecule has 3 aromatic rings. The highest BCUT2D eigenvalue weighted by atomic mass is 32.2. The molecule has 8 heteroatoms. The van der Waals surface area contributed by atoms with Crippen LogP contribution in [0.5, 0.6) is 0 Å². The Morgan fingerprint density at radius 2 is 2.18 bits per heavy atom. The molecule has 1 aromatic carbocycles. The maximum Gasteiger partial charge on any atom is 0.236 e. The number of rotatable bonds is 8. The zero-order valence-corrected chi connectivity index (χ0v) is 17.5. The van der Waals surface area contributed by atoms with Gasteiger partial charge in [-0.2, -0.15) is 11.8 Å². The molecule has 0 aliphatic heterocycles. The molecule has 0 saturated heterocycles. The highest BCUT2D eigenvalue weighted by Gasteiger charge is 2.09. The zero-order chi connectivity index (χ0) is 19.8. The fourth-order valence-electron chi connectivity index (χ4n) is 2.62. The highest BCUT2D eigenvalue weighted by molar-refractivity contribution is 7.97. The lowest BCUT2D eigenvalue weighted by Crippen LogP contribution is -2.36. The molecule has 3 rings (SSSR count). The summed E-state index contributed by atoms with van der Waals surface area (Å²) in [6.45, 7) is 3.73. The molecular weight excluding hydrogens is 395 g/mol. The summed E-state index contributed by atoms with van der Waals surface area (Å²) in [6.07, 6.45) is 3.66. The first-order valence-corrected chi connectivity index (χ1v) is 11.2. The number of oxazole rings is 1. The van der Waals surface area contributed by atoms with E-state index in [0.717, 1.165) is 34.0 Å². The van der Waals surface area contributed by atoms with E-state index in [4.69, 9.17) is 4.42 Å². The Labute approximate surface area is 172 Å². The van der Waals surface area contributed by atoms with Gasteiger partial charge in [-0.05, 0) is 47.9 Å². The van der Waals surface area contributed by atoms with E-state index < -0.39 is 0 Å². The summed E-state index contributed by atoms with van der Waals surface area (Å²) in [5.74, 6) is 1.86. The lowest BCUT2D eigenvalue weighted by atomic mass is 10.1. The number of aromatic nitrogens is 1. The van der Waals surface area contributed by atoms with Crippen molar-refractivity contribution in [1.82, 2.24) is 15.6 Å². The molecular formula is C20H23FN4OS2. The Balaban J connectivity index is 1.65. The molecule has 2 N–H and O–H groups in total. The van der Waals surface area contributed by atoms with E-state index in [1.807, 2.05) is 30.7 Å². The standard InChI is InChI=1S/C20H23FN4OS2/c1-3-22-20(23-10-14-6-7-16(21)9-15(14)13-27-2)24-11-17-12-26-19(25-17)18-5-4-8-28-18/h4-9,12H,3,10-11,13H2,1-2H3,(H2,22,23,24). The Morgan fingerprint density at radius 1 is 1.29 bits per heavy atom. The van der Waals surface area contributed by atoms with Gasteiger partial charge >= 0.3 is 0 Å². The maximum absolute atomic E-state index is 13.5. The number of guanidine groups is 1.